The van der Waals surface area contributed by atoms with Gasteiger partial charge in [-0.15, -0.1) is 0 Å². The van der Waals surface area contributed by atoms with Crippen molar-refractivity contribution in [2.45, 2.75) is 0 Å². The molecule has 0 aromatic heterocycles. The maximum atomic E-state index is 13.8. The summed E-state index contributed by atoms with van der Waals surface area (Å²) in [7, 11) is -2.78. The van der Waals surface area contributed by atoms with E-state index in [4.69, 9.17) is 0 Å². The van der Waals surface area contributed by atoms with Crippen LogP contribution in [0.2, 0.25) is 0 Å². The summed E-state index contributed by atoms with van der Waals surface area (Å²) >= 11 is 0. The van der Waals surface area contributed by atoms with Gasteiger partial charge in [-0.25, -0.2) is 0 Å². The van der Waals surface area contributed by atoms with Crippen LogP contribution in [-0.2, 0) is 4.57 Å². The van der Waals surface area contributed by atoms with Gasteiger partial charge in [0.05, 0.1) is 0 Å². The molecule has 4 heteroatoms. The van der Waals surface area contributed by atoms with E-state index in [0.717, 1.165) is 15.9 Å². The Balaban J connectivity index is 0.00000121. The topological polar surface area (TPSA) is 17.1 Å². The van der Waals surface area contributed by atoms with Gasteiger partial charge in [0.25, 0.3) is 0 Å². The molecule has 3 aromatic rings. The van der Waals surface area contributed by atoms with E-state index in [1.807, 2.05) is 91.0 Å². The molecule has 0 atom stereocenters. The van der Waals surface area contributed by atoms with E-state index in [0.29, 0.717) is 0 Å². The molecule has 3 aromatic carbocycles. The Labute approximate surface area is 154 Å². The van der Waals surface area contributed by atoms with Gasteiger partial charge in [0, 0.05) is 15.9 Å². The second-order valence-corrected chi connectivity index (χ2v) is 7.38. The van der Waals surface area contributed by atoms with Crippen LogP contribution in [0.1, 0.15) is 0 Å². The predicted octanol–water partition coefficient (Wildman–Crippen LogP) is -2.67. The molecule has 0 N–H and O–H groups in total. The number of hydrogen-bond donors (Lipinski definition) is 0. The molecule has 0 amide bonds. The Morgan fingerprint density at radius 1 is 0.500 bits per heavy atom. The predicted molar refractivity (Wildman–Crippen MR) is 85.8 cm³/mol. The third-order valence-corrected chi connectivity index (χ3v) is 6.44. The minimum atomic E-state index is -2.78. The minimum Gasteiger partial charge on any atom is -1.00 e. The van der Waals surface area contributed by atoms with Gasteiger partial charge in [-0.3, -0.25) is 0 Å². The van der Waals surface area contributed by atoms with Gasteiger partial charge in [-0.05, 0) is 0 Å². The number of halogens is 1. The van der Waals surface area contributed by atoms with Crippen LogP contribution >= 0.6 is 7.14 Å². The molecule has 0 aliphatic carbocycles. The van der Waals surface area contributed by atoms with Crippen molar-refractivity contribution in [2.75, 3.05) is 0 Å². The summed E-state index contributed by atoms with van der Waals surface area (Å²) in [6, 6.07) is 29.1. The van der Waals surface area contributed by atoms with Crippen LogP contribution in [-0.4, -0.2) is 0 Å². The molecule has 22 heavy (non-hydrogen) atoms. The molecular weight excluding hydrogens is 350 g/mol. The van der Waals surface area contributed by atoms with E-state index in [1.54, 1.807) is 0 Å². The molecule has 3 rings (SSSR count). The molecule has 0 fully saturated rings. The van der Waals surface area contributed by atoms with Gasteiger partial charge in [0.2, 0.25) is 0 Å². The van der Waals surface area contributed by atoms with E-state index in [2.05, 4.69) is 0 Å². The molecule has 1 nitrogen and oxygen atoms in total. The van der Waals surface area contributed by atoms with Crippen molar-refractivity contribution in [1.82, 2.24) is 0 Å². The SMILES string of the molecule is O=P(c1ccccc1)(c1ccccc1)c1ccccc1.[Br-].[Li+]. The molecule has 0 radical (unpaired) electrons. The van der Waals surface area contributed by atoms with Crippen LogP contribution in [0.25, 0.3) is 0 Å². The first-order valence-electron chi connectivity index (χ1n) is 6.59. The van der Waals surface area contributed by atoms with Crippen LogP contribution in [0.3, 0.4) is 0 Å². The molecule has 0 unspecified atom stereocenters. The fraction of sp³-hybridized carbons (Fsp3) is 0. The molecule has 106 valence electrons. The van der Waals surface area contributed by atoms with E-state index < -0.39 is 7.14 Å². The van der Waals surface area contributed by atoms with Gasteiger partial charge < -0.3 is 21.5 Å². The van der Waals surface area contributed by atoms with Crippen LogP contribution in [0.4, 0.5) is 0 Å². The Kier molecular flexibility index (Phi) is 7.40. The Morgan fingerprint density at radius 2 is 0.727 bits per heavy atom. The molecule has 0 aliphatic heterocycles. The summed E-state index contributed by atoms with van der Waals surface area (Å²) in [5, 5.41) is 2.62. The van der Waals surface area contributed by atoms with Gasteiger partial charge in [-0.1, -0.05) is 91.0 Å². The van der Waals surface area contributed by atoms with Crippen molar-refractivity contribution in [3.8, 4) is 0 Å². The van der Waals surface area contributed by atoms with Crippen LogP contribution in [0.15, 0.2) is 91.0 Å². The number of benzene rings is 3. The van der Waals surface area contributed by atoms with Crippen molar-refractivity contribution in [1.29, 1.82) is 0 Å². The number of rotatable bonds is 3. The molecule has 0 heterocycles. The second-order valence-electron chi connectivity index (χ2n) is 4.62. The third-order valence-electron chi connectivity index (χ3n) is 3.36. The summed E-state index contributed by atoms with van der Waals surface area (Å²) in [4.78, 5) is 0. The fourth-order valence-corrected chi connectivity index (χ4v) is 5.03. The normalized spacial score (nSPS) is 10.2. The largest absolute Gasteiger partial charge is 1.00 e. The van der Waals surface area contributed by atoms with Crippen molar-refractivity contribution >= 4 is 23.1 Å². The van der Waals surface area contributed by atoms with E-state index in [-0.39, 0.29) is 35.8 Å². The monoisotopic (exact) mass is 364 g/mol. The molecule has 0 spiro atoms. The summed E-state index contributed by atoms with van der Waals surface area (Å²) in [5.41, 5.74) is 0. The van der Waals surface area contributed by atoms with E-state index >= 15 is 0 Å². The smallest absolute Gasteiger partial charge is 1.00 e. The van der Waals surface area contributed by atoms with E-state index in [9.17, 15) is 4.57 Å². The van der Waals surface area contributed by atoms with Crippen LogP contribution in [0, 0.1) is 0 Å². The minimum absolute atomic E-state index is 0. The van der Waals surface area contributed by atoms with Gasteiger partial charge in [0.1, 0.15) is 0 Å². The zero-order valence-corrected chi connectivity index (χ0v) is 14.9. The Morgan fingerprint density at radius 3 is 0.955 bits per heavy atom. The average Bonchev–Trinajstić information content (AvgIpc) is 2.56. The molecular formula is C18H15BrLiOP. The van der Waals surface area contributed by atoms with Crippen LogP contribution < -0.4 is 51.8 Å². The second kappa shape index (κ2) is 8.56. The quantitative estimate of drug-likeness (QED) is 0.366. The molecule has 0 bridgehead atoms. The summed E-state index contributed by atoms with van der Waals surface area (Å²) in [5.74, 6) is 0. The van der Waals surface area contributed by atoms with Gasteiger partial charge in [-0.2, -0.15) is 0 Å². The molecule has 0 saturated heterocycles. The standard InChI is InChI=1S/C18H15OP.BrH.Li/c19-20(16-10-4-1-5-11-16,17-12-6-2-7-13-17)18-14-8-3-9-15-18;;/h1-15H;1H;/q;;+1/p-1. The summed E-state index contributed by atoms with van der Waals surface area (Å²) < 4.78 is 13.8. The zero-order chi connectivity index (χ0) is 13.8. The summed E-state index contributed by atoms with van der Waals surface area (Å²) in [6.07, 6.45) is 0. The first-order chi connectivity index (χ1) is 9.82. The average molecular weight is 365 g/mol. The van der Waals surface area contributed by atoms with Gasteiger partial charge >= 0.3 is 18.9 Å². The van der Waals surface area contributed by atoms with Crippen molar-refractivity contribution in [3.05, 3.63) is 91.0 Å². The maximum Gasteiger partial charge on any atom is 1.00 e. The van der Waals surface area contributed by atoms with Crippen molar-refractivity contribution in [2.24, 2.45) is 0 Å². The third kappa shape index (κ3) is 3.65. The van der Waals surface area contributed by atoms with Gasteiger partial charge in [0.15, 0.2) is 7.14 Å². The molecule has 0 aliphatic rings. The number of hydrogen-bond acceptors (Lipinski definition) is 1. The van der Waals surface area contributed by atoms with E-state index in [1.165, 1.54) is 0 Å². The first kappa shape index (κ1) is 19.0. The van der Waals surface area contributed by atoms with Crippen molar-refractivity contribution in [3.63, 3.8) is 0 Å². The zero-order valence-electron chi connectivity index (χ0n) is 12.4. The summed E-state index contributed by atoms with van der Waals surface area (Å²) in [6.45, 7) is 0. The Bertz CT molecular complexity index is 629. The maximum absolute atomic E-state index is 13.8. The first-order valence-corrected chi connectivity index (χ1v) is 8.29. The fourth-order valence-electron chi connectivity index (χ4n) is 2.36. The van der Waals surface area contributed by atoms with Crippen LogP contribution in [0.5, 0.6) is 0 Å². The molecule has 0 saturated carbocycles. The van der Waals surface area contributed by atoms with Crippen molar-refractivity contribution < 1.29 is 40.4 Å². The Hall–Kier alpha value is -1.03.